The lowest BCUT2D eigenvalue weighted by Crippen LogP contribution is -2.13. The van der Waals surface area contributed by atoms with Gasteiger partial charge in [0, 0.05) is 0 Å². The highest BCUT2D eigenvalue weighted by Gasteiger charge is 2.50. The van der Waals surface area contributed by atoms with E-state index < -0.39 is 0 Å². The van der Waals surface area contributed by atoms with Gasteiger partial charge in [-0.3, -0.25) is 9.59 Å². The van der Waals surface area contributed by atoms with Crippen molar-refractivity contribution in [1.82, 2.24) is 0 Å². The van der Waals surface area contributed by atoms with Crippen LogP contribution in [0.5, 0.6) is 0 Å². The summed E-state index contributed by atoms with van der Waals surface area (Å²) in [6, 6.07) is 0. The number of hydrogen-bond acceptors (Lipinski definition) is 4. The molecule has 1 saturated carbocycles. The predicted octanol–water partition coefficient (Wildman–Crippen LogP) is 0.749. The molecule has 1 aliphatic carbocycles. The third-order valence-corrected chi connectivity index (χ3v) is 1.97. The monoisotopic (exact) mass is 186 g/mol. The van der Waals surface area contributed by atoms with E-state index in [1.165, 1.54) is 0 Å². The quantitative estimate of drug-likeness (QED) is 0.608. The van der Waals surface area contributed by atoms with Gasteiger partial charge in [0.25, 0.3) is 0 Å². The minimum absolute atomic E-state index is 0.251. The number of hydrogen-bond donors (Lipinski definition) is 0. The fourth-order valence-corrected chi connectivity index (χ4v) is 1.21. The maximum Gasteiger partial charge on any atom is 0.309 e. The lowest BCUT2D eigenvalue weighted by atomic mass is 10.3. The Kier molecular flexibility index (Phi) is 3.28. The molecule has 13 heavy (non-hydrogen) atoms. The Bertz CT molecular complexity index is 190. The summed E-state index contributed by atoms with van der Waals surface area (Å²) in [6.07, 6.45) is 0.581. The first-order valence-electron chi connectivity index (χ1n) is 4.54. The number of ether oxygens (including phenoxy) is 2. The van der Waals surface area contributed by atoms with E-state index in [-0.39, 0.29) is 23.8 Å². The highest BCUT2D eigenvalue weighted by atomic mass is 16.5. The molecule has 0 saturated heterocycles. The fraction of sp³-hybridized carbons (Fsp3) is 0.778. The zero-order valence-corrected chi connectivity index (χ0v) is 7.91. The van der Waals surface area contributed by atoms with E-state index in [2.05, 4.69) is 0 Å². The Morgan fingerprint density at radius 2 is 1.46 bits per heavy atom. The third kappa shape index (κ3) is 2.44. The maximum absolute atomic E-state index is 11.1. The van der Waals surface area contributed by atoms with E-state index >= 15 is 0 Å². The van der Waals surface area contributed by atoms with Gasteiger partial charge in [-0.1, -0.05) is 0 Å². The molecule has 0 amide bonds. The Balaban J connectivity index is 2.29. The van der Waals surface area contributed by atoms with Gasteiger partial charge in [0.1, 0.15) is 0 Å². The molecule has 0 radical (unpaired) electrons. The van der Waals surface area contributed by atoms with Crippen LogP contribution in [0.1, 0.15) is 20.3 Å². The second-order valence-corrected chi connectivity index (χ2v) is 2.95. The molecule has 0 spiro atoms. The molecule has 4 nitrogen and oxygen atoms in total. The minimum atomic E-state index is -0.277. The van der Waals surface area contributed by atoms with Crippen LogP contribution in [0, 0.1) is 11.8 Å². The molecule has 1 rings (SSSR count). The van der Waals surface area contributed by atoms with Crippen LogP contribution < -0.4 is 0 Å². The van der Waals surface area contributed by atoms with Gasteiger partial charge in [-0.2, -0.15) is 0 Å². The first-order chi connectivity index (χ1) is 6.20. The summed E-state index contributed by atoms with van der Waals surface area (Å²) in [6.45, 7) is 4.23. The van der Waals surface area contributed by atoms with Crippen molar-refractivity contribution in [3.8, 4) is 0 Å². The van der Waals surface area contributed by atoms with Crippen LogP contribution in [0.15, 0.2) is 0 Å². The smallest absolute Gasteiger partial charge is 0.309 e. The highest BCUT2D eigenvalue weighted by molar-refractivity contribution is 5.87. The van der Waals surface area contributed by atoms with Crippen LogP contribution in [0.25, 0.3) is 0 Å². The molecule has 0 bridgehead atoms. The Hall–Kier alpha value is -1.06. The predicted molar refractivity (Wildman–Crippen MR) is 44.9 cm³/mol. The molecule has 4 heteroatoms. The zero-order valence-electron chi connectivity index (χ0n) is 7.91. The van der Waals surface area contributed by atoms with Gasteiger partial charge in [-0.15, -0.1) is 0 Å². The summed E-state index contributed by atoms with van der Waals surface area (Å²) >= 11 is 0. The van der Waals surface area contributed by atoms with Crippen LogP contribution in [-0.2, 0) is 19.1 Å². The fourth-order valence-electron chi connectivity index (χ4n) is 1.21. The van der Waals surface area contributed by atoms with Crippen molar-refractivity contribution in [2.24, 2.45) is 11.8 Å². The summed E-state index contributed by atoms with van der Waals surface area (Å²) in [7, 11) is 0. The third-order valence-electron chi connectivity index (χ3n) is 1.97. The van der Waals surface area contributed by atoms with Gasteiger partial charge in [0.2, 0.25) is 0 Å². The summed E-state index contributed by atoms with van der Waals surface area (Å²) < 4.78 is 9.56. The second kappa shape index (κ2) is 4.25. The van der Waals surface area contributed by atoms with E-state index in [0.29, 0.717) is 19.6 Å². The molecule has 0 heterocycles. The van der Waals surface area contributed by atoms with Crippen molar-refractivity contribution in [1.29, 1.82) is 0 Å². The van der Waals surface area contributed by atoms with E-state index in [1.54, 1.807) is 13.8 Å². The zero-order chi connectivity index (χ0) is 9.84. The Morgan fingerprint density at radius 3 is 1.77 bits per heavy atom. The van der Waals surface area contributed by atoms with Gasteiger partial charge in [-0.05, 0) is 20.3 Å². The van der Waals surface area contributed by atoms with E-state index in [9.17, 15) is 9.59 Å². The van der Waals surface area contributed by atoms with Gasteiger partial charge in [0.05, 0.1) is 25.0 Å². The SMILES string of the molecule is CCOC(=O)[C@H]1C[C@@H]1C(=O)OCC. The van der Waals surface area contributed by atoms with Crippen LogP contribution in [0.4, 0.5) is 0 Å². The van der Waals surface area contributed by atoms with Crippen molar-refractivity contribution in [3.05, 3.63) is 0 Å². The molecule has 0 aromatic rings. The van der Waals surface area contributed by atoms with Crippen molar-refractivity contribution in [2.75, 3.05) is 13.2 Å². The highest BCUT2D eigenvalue weighted by Crippen LogP contribution is 2.40. The molecule has 1 aliphatic rings. The van der Waals surface area contributed by atoms with Crippen molar-refractivity contribution in [3.63, 3.8) is 0 Å². The number of esters is 2. The molecular formula is C9H14O4. The molecule has 0 aromatic carbocycles. The molecular weight excluding hydrogens is 172 g/mol. The van der Waals surface area contributed by atoms with E-state index in [4.69, 9.17) is 9.47 Å². The van der Waals surface area contributed by atoms with E-state index in [0.717, 1.165) is 0 Å². The summed E-state index contributed by atoms with van der Waals surface area (Å²) in [5.41, 5.74) is 0. The second-order valence-electron chi connectivity index (χ2n) is 2.95. The van der Waals surface area contributed by atoms with Gasteiger partial charge < -0.3 is 9.47 Å². The summed E-state index contributed by atoms with van der Waals surface area (Å²) in [5.74, 6) is -1.06. The topological polar surface area (TPSA) is 52.6 Å². The molecule has 1 fully saturated rings. The first-order valence-corrected chi connectivity index (χ1v) is 4.54. The van der Waals surface area contributed by atoms with Gasteiger partial charge >= 0.3 is 11.9 Å². The number of carbonyl (C=O) groups is 2. The van der Waals surface area contributed by atoms with E-state index in [1.807, 2.05) is 0 Å². The lowest BCUT2D eigenvalue weighted by molar-refractivity contribution is -0.150. The normalized spacial score (nSPS) is 25.1. The average molecular weight is 186 g/mol. The molecule has 0 N–H and O–H groups in total. The maximum atomic E-state index is 11.1. The van der Waals surface area contributed by atoms with Crippen LogP contribution >= 0.6 is 0 Å². The molecule has 0 aromatic heterocycles. The Morgan fingerprint density at radius 1 is 1.08 bits per heavy atom. The van der Waals surface area contributed by atoms with Crippen molar-refractivity contribution in [2.45, 2.75) is 20.3 Å². The van der Waals surface area contributed by atoms with Crippen LogP contribution in [0.3, 0.4) is 0 Å². The first kappa shape index (κ1) is 10.0. The summed E-state index contributed by atoms with van der Waals surface area (Å²) in [4.78, 5) is 22.2. The molecule has 2 atom stereocenters. The lowest BCUT2D eigenvalue weighted by Gasteiger charge is -2.00. The van der Waals surface area contributed by atoms with Crippen molar-refractivity contribution < 1.29 is 19.1 Å². The largest absolute Gasteiger partial charge is 0.466 e. The van der Waals surface area contributed by atoms with Gasteiger partial charge in [-0.25, -0.2) is 0 Å². The number of carbonyl (C=O) groups excluding carboxylic acids is 2. The molecule has 0 unspecified atom stereocenters. The Labute approximate surface area is 77.2 Å². The standard InChI is InChI=1S/C9H14O4/c1-3-12-8(10)6-5-7(6)9(11)13-4-2/h6-7H,3-5H2,1-2H3/t6-,7-/m0/s1. The minimum Gasteiger partial charge on any atom is -0.466 e. The van der Waals surface area contributed by atoms with Crippen LogP contribution in [-0.4, -0.2) is 25.2 Å². The average Bonchev–Trinajstić information content (AvgIpc) is 2.84. The van der Waals surface area contributed by atoms with Gasteiger partial charge in [0.15, 0.2) is 0 Å². The molecule has 74 valence electrons. The number of rotatable bonds is 4. The molecule has 0 aliphatic heterocycles. The van der Waals surface area contributed by atoms with Crippen LogP contribution in [0.2, 0.25) is 0 Å². The van der Waals surface area contributed by atoms with Crippen molar-refractivity contribution >= 4 is 11.9 Å². The summed E-state index contributed by atoms with van der Waals surface area (Å²) in [5, 5.41) is 0.